The number of carboxylic acid groups (broad SMARTS) is 1. The van der Waals surface area contributed by atoms with Gasteiger partial charge in [-0.3, -0.25) is 14.9 Å². The zero-order valence-corrected chi connectivity index (χ0v) is 11.0. The molecule has 0 saturated heterocycles. The van der Waals surface area contributed by atoms with Gasteiger partial charge >= 0.3 is 5.97 Å². The third-order valence-electron chi connectivity index (χ3n) is 3.57. The van der Waals surface area contributed by atoms with Crippen LogP contribution in [0.5, 0.6) is 0 Å². The lowest BCUT2D eigenvalue weighted by molar-refractivity contribution is -0.385. The van der Waals surface area contributed by atoms with Gasteiger partial charge in [-0.05, 0) is 18.9 Å². The first-order valence-corrected chi connectivity index (χ1v) is 6.35. The first-order valence-electron chi connectivity index (χ1n) is 6.35. The van der Waals surface area contributed by atoms with Crippen molar-refractivity contribution in [1.82, 2.24) is 5.32 Å². The van der Waals surface area contributed by atoms with Crippen LogP contribution in [-0.4, -0.2) is 27.4 Å². The number of hydrogen-bond acceptors (Lipinski definition) is 4. The summed E-state index contributed by atoms with van der Waals surface area (Å²) in [4.78, 5) is 33.2. The summed E-state index contributed by atoms with van der Waals surface area (Å²) in [5.41, 5.74) is -2.21. The van der Waals surface area contributed by atoms with Crippen LogP contribution in [-0.2, 0) is 4.79 Å². The Morgan fingerprint density at radius 2 is 1.90 bits per heavy atom. The Morgan fingerprint density at radius 1 is 1.29 bits per heavy atom. The van der Waals surface area contributed by atoms with Crippen LogP contribution in [0.15, 0.2) is 18.2 Å². The molecule has 1 fully saturated rings. The molecule has 0 aromatic heterocycles. The van der Waals surface area contributed by atoms with Crippen molar-refractivity contribution in [2.24, 2.45) is 0 Å². The Morgan fingerprint density at radius 3 is 2.43 bits per heavy atom. The number of nitro benzene ring substituents is 1. The summed E-state index contributed by atoms with van der Waals surface area (Å²) in [6.07, 6.45) is 1.89. The zero-order valence-electron chi connectivity index (χ0n) is 11.0. The second-order valence-corrected chi connectivity index (χ2v) is 5.00. The molecule has 0 unspecified atom stereocenters. The fourth-order valence-corrected chi connectivity index (χ4v) is 2.47. The van der Waals surface area contributed by atoms with E-state index in [1.807, 2.05) is 0 Å². The Balaban J connectivity index is 2.28. The van der Waals surface area contributed by atoms with E-state index in [2.05, 4.69) is 5.32 Å². The number of carbonyl (C=O) groups excluding carboxylic acids is 1. The zero-order chi connectivity index (χ0) is 15.6. The Hall–Kier alpha value is -2.51. The van der Waals surface area contributed by atoms with E-state index in [-0.39, 0.29) is 18.4 Å². The van der Waals surface area contributed by atoms with Crippen LogP contribution in [0.2, 0.25) is 0 Å². The fourth-order valence-electron chi connectivity index (χ4n) is 2.47. The van der Waals surface area contributed by atoms with Crippen molar-refractivity contribution in [3.8, 4) is 0 Å². The molecular weight excluding hydrogens is 283 g/mol. The number of carbonyl (C=O) groups is 2. The highest BCUT2D eigenvalue weighted by atomic mass is 19.1. The maximum Gasteiger partial charge on any atom is 0.329 e. The molecule has 1 saturated carbocycles. The van der Waals surface area contributed by atoms with E-state index in [1.54, 1.807) is 0 Å². The molecule has 0 bridgehead atoms. The normalized spacial score (nSPS) is 16.4. The molecule has 7 nitrogen and oxygen atoms in total. The van der Waals surface area contributed by atoms with Gasteiger partial charge in [-0.1, -0.05) is 12.8 Å². The van der Waals surface area contributed by atoms with Gasteiger partial charge in [0.15, 0.2) is 0 Å². The Kier molecular flexibility index (Phi) is 3.88. The summed E-state index contributed by atoms with van der Waals surface area (Å²) in [6.45, 7) is 0. The number of aliphatic carboxylic acids is 1. The third kappa shape index (κ3) is 2.99. The topological polar surface area (TPSA) is 110 Å². The lowest BCUT2D eigenvalue weighted by Crippen LogP contribution is -2.52. The number of halogens is 1. The molecule has 1 amide bonds. The number of benzene rings is 1. The van der Waals surface area contributed by atoms with Crippen LogP contribution in [0.25, 0.3) is 0 Å². The van der Waals surface area contributed by atoms with E-state index in [0.717, 1.165) is 12.1 Å². The molecule has 8 heteroatoms. The first-order chi connectivity index (χ1) is 9.84. The lowest BCUT2D eigenvalue weighted by atomic mass is 9.97. The van der Waals surface area contributed by atoms with Crippen molar-refractivity contribution in [3.05, 3.63) is 39.7 Å². The minimum Gasteiger partial charge on any atom is -0.480 e. The highest BCUT2D eigenvalue weighted by Gasteiger charge is 2.42. The van der Waals surface area contributed by atoms with Gasteiger partial charge in [0.1, 0.15) is 11.4 Å². The molecule has 1 aromatic carbocycles. The van der Waals surface area contributed by atoms with E-state index >= 15 is 0 Å². The largest absolute Gasteiger partial charge is 0.480 e. The van der Waals surface area contributed by atoms with Crippen LogP contribution in [0.4, 0.5) is 10.1 Å². The molecule has 0 atom stereocenters. The van der Waals surface area contributed by atoms with Crippen LogP contribution >= 0.6 is 0 Å². The van der Waals surface area contributed by atoms with Crippen molar-refractivity contribution in [2.75, 3.05) is 0 Å². The lowest BCUT2D eigenvalue weighted by Gasteiger charge is -2.25. The molecule has 112 valence electrons. The minimum atomic E-state index is -1.38. The van der Waals surface area contributed by atoms with Crippen molar-refractivity contribution in [2.45, 2.75) is 31.2 Å². The number of rotatable bonds is 4. The van der Waals surface area contributed by atoms with E-state index in [1.165, 1.54) is 0 Å². The highest BCUT2D eigenvalue weighted by molar-refractivity contribution is 5.98. The van der Waals surface area contributed by atoms with E-state index in [0.29, 0.717) is 18.9 Å². The fraction of sp³-hybridized carbons (Fsp3) is 0.385. The number of nitro groups is 1. The molecule has 2 N–H and O–H groups in total. The Labute approximate surface area is 118 Å². The monoisotopic (exact) mass is 296 g/mol. The smallest absolute Gasteiger partial charge is 0.329 e. The van der Waals surface area contributed by atoms with Crippen molar-refractivity contribution >= 4 is 17.6 Å². The highest BCUT2D eigenvalue weighted by Crippen LogP contribution is 2.30. The average Bonchev–Trinajstić information content (AvgIpc) is 2.87. The number of carboxylic acids is 1. The second kappa shape index (κ2) is 5.47. The molecule has 1 aliphatic carbocycles. The summed E-state index contributed by atoms with van der Waals surface area (Å²) in [5, 5.41) is 22.3. The SMILES string of the molecule is O=C(NC1(C(=O)O)CCCC1)c1cc(F)cc([N+](=O)[O-])c1. The van der Waals surface area contributed by atoms with Crippen molar-refractivity contribution in [1.29, 1.82) is 0 Å². The molecular formula is C13H13FN2O5. The van der Waals surface area contributed by atoms with Crippen LogP contribution < -0.4 is 5.32 Å². The van der Waals surface area contributed by atoms with Gasteiger partial charge in [0.25, 0.3) is 11.6 Å². The van der Waals surface area contributed by atoms with E-state index in [9.17, 15) is 29.2 Å². The number of non-ortho nitro benzene ring substituents is 1. The van der Waals surface area contributed by atoms with Gasteiger partial charge in [0.2, 0.25) is 0 Å². The summed E-state index contributed by atoms with van der Waals surface area (Å²) >= 11 is 0. The Bertz CT molecular complexity index is 611. The van der Waals surface area contributed by atoms with Gasteiger partial charge in [0.05, 0.1) is 11.0 Å². The third-order valence-corrected chi connectivity index (χ3v) is 3.57. The molecule has 2 rings (SSSR count). The molecule has 0 radical (unpaired) electrons. The number of nitrogens with one attached hydrogen (secondary N) is 1. The maximum atomic E-state index is 13.3. The van der Waals surface area contributed by atoms with Crippen molar-refractivity contribution in [3.63, 3.8) is 0 Å². The van der Waals surface area contributed by atoms with E-state index in [4.69, 9.17) is 0 Å². The summed E-state index contributed by atoms with van der Waals surface area (Å²) in [6, 6.07) is 2.45. The predicted octanol–water partition coefficient (Wildman–Crippen LogP) is 1.86. The molecule has 0 aliphatic heterocycles. The number of nitrogens with zero attached hydrogens (tertiary/aromatic N) is 1. The van der Waals surface area contributed by atoms with Crippen LogP contribution in [0, 0.1) is 15.9 Å². The standard InChI is InChI=1S/C13H13FN2O5/c14-9-5-8(6-10(7-9)16(20)21)11(17)15-13(12(18)19)3-1-2-4-13/h5-7H,1-4H2,(H,15,17)(H,18,19). The summed E-state index contributed by atoms with van der Waals surface area (Å²) in [5.74, 6) is -2.91. The average molecular weight is 296 g/mol. The predicted molar refractivity (Wildman–Crippen MR) is 69.4 cm³/mol. The molecule has 0 spiro atoms. The molecule has 1 aromatic rings. The van der Waals surface area contributed by atoms with Gasteiger partial charge in [-0.2, -0.15) is 0 Å². The maximum absolute atomic E-state index is 13.3. The number of amides is 1. The van der Waals surface area contributed by atoms with Crippen LogP contribution in [0.1, 0.15) is 36.0 Å². The summed E-state index contributed by atoms with van der Waals surface area (Å²) < 4.78 is 13.3. The van der Waals surface area contributed by atoms with Gasteiger partial charge in [-0.15, -0.1) is 0 Å². The van der Waals surface area contributed by atoms with Gasteiger partial charge < -0.3 is 10.4 Å². The quantitative estimate of drug-likeness (QED) is 0.651. The molecule has 1 aliphatic rings. The van der Waals surface area contributed by atoms with Gasteiger partial charge in [-0.25, -0.2) is 9.18 Å². The van der Waals surface area contributed by atoms with Crippen molar-refractivity contribution < 1.29 is 24.0 Å². The summed E-state index contributed by atoms with van der Waals surface area (Å²) in [7, 11) is 0. The van der Waals surface area contributed by atoms with E-state index < -0.39 is 33.8 Å². The second-order valence-electron chi connectivity index (χ2n) is 5.00. The minimum absolute atomic E-state index is 0.269. The molecule has 21 heavy (non-hydrogen) atoms. The van der Waals surface area contributed by atoms with Crippen LogP contribution in [0.3, 0.4) is 0 Å². The molecule has 0 heterocycles. The first kappa shape index (κ1) is 14.9. The van der Waals surface area contributed by atoms with Gasteiger partial charge in [0, 0.05) is 11.6 Å². The number of hydrogen-bond donors (Lipinski definition) is 2.